The molecule has 0 fully saturated rings. The smallest absolute Gasteiger partial charge is 0.462 e. The normalized spacial score (nSPS) is 15.7. The Bertz CT molecular complexity index is 1370. The van der Waals surface area contributed by atoms with Crippen molar-refractivity contribution < 1.29 is 58.0 Å². The van der Waals surface area contributed by atoms with Gasteiger partial charge in [0.1, 0.15) is 12.7 Å². The van der Waals surface area contributed by atoms with Gasteiger partial charge in [0.25, 0.3) is 0 Å². The zero-order chi connectivity index (χ0) is 45.1. The number of carbonyl (C=O) groups is 2. The molecule has 0 saturated heterocycles. The van der Waals surface area contributed by atoms with Crippen molar-refractivity contribution in [3.8, 4) is 0 Å². The second-order valence-corrected chi connectivity index (χ2v) is 16.1. The molecule has 348 valence electrons. The number of carbonyl (C=O) groups excluding carboxylic acids is 2. The molecule has 0 radical (unpaired) electrons. The molecule has 0 aromatic carbocycles. The van der Waals surface area contributed by atoms with Gasteiger partial charge in [0.15, 0.2) is 6.10 Å². The Kier molecular flexibility index (Phi) is 39.9. The van der Waals surface area contributed by atoms with Gasteiger partial charge >= 0.3 is 19.8 Å². The highest BCUT2D eigenvalue weighted by atomic mass is 31.2. The molecule has 0 heterocycles. The fourth-order valence-electron chi connectivity index (χ4n) is 5.31. The number of phosphoric ester groups is 1. The first-order valence-electron chi connectivity index (χ1n) is 22.4. The van der Waals surface area contributed by atoms with Crippen molar-refractivity contribution in [2.75, 3.05) is 26.4 Å². The lowest BCUT2D eigenvalue weighted by molar-refractivity contribution is -0.161. The van der Waals surface area contributed by atoms with Crippen LogP contribution in [-0.2, 0) is 32.7 Å². The molecule has 0 aliphatic heterocycles. The maximum absolute atomic E-state index is 12.7. The Morgan fingerprint density at radius 3 is 1.49 bits per heavy atom. The molecule has 0 aliphatic carbocycles. The molecule has 0 rings (SSSR count). The van der Waals surface area contributed by atoms with Gasteiger partial charge in [-0.1, -0.05) is 137 Å². The van der Waals surface area contributed by atoms with Crippen molar-refractivity contribution in [2.45, 2.75) is 167 Å². The van der Waals surface area contributed by atoms with Gasteiger partial charge in [-0.05, 0) is 89.9 Å². The molecule has 0 aliphatic rings. The summed E-state index contributed by atoms with van der Waals surface area (Å²) < 4.78 is 32.4. The van der Waals surface area contributed by atoms with E-state index < -0.39 is 70.6 Å². The topological polar surface area (TPSA) is 189 Å². The van der Waals surface area contributed by atoms with E-state index in [1.54, 1.807) is 6.08 Å². The predicted molar refractivity (Wildman–Crippen MR) is 244 cm³/mol. The second-order valence-electron chi connectivity index (χ2n) is 14.7. The van der Waals surface area contributed by atoms with Crippen LogP contribution in [0.4, 0.5) is 0 Å². The van der Waals surface area contributed by atoms with Crippen molar-refractivity contribution in [1.29, 1.82) is 0 Å². The van der Waals surface area contributed by atoms with Crippen LogP contribution in [0.3, 0.4) is 0 Å². The van der Waals surface area contributed by atoms with E-state index in [0.29, 0.717) is 19.3 Å². The van der Waals surface area contributed by atoms with Gasteiger partial charge in [-0.3, -0.25) is 18.6 Å². The Hall–Kier alpha value is -3.19. The van der Waals surface area contributed by atoms with Gasteiger partial charge in [0.2, 0.25) is 0 Å². The molecule has 0 spiro atoms. The van der Waals surface area contributed by atoms with E-state index in [4.69, 9.17) is 19.1 Å². The first-order chi connectivity index (χ1) is 29.5. The van der Waals surface area contributed by atoms with E-state index in [2.05, 4.69) is 79.1 Å². The Morgan fingerprint density at radius 2 is 1.00 bits per heavy atom. The number of aliphatic hydroxyl groups is 4. The molecule has 5 N–H and O–H groups in total. The minimum absolute atomic E-state index is 0.0518. The fraction of sp³-hybridized carbons (Fsp3) is 0.625. The van der Waals surface area contributed by atoms with Gasteiger partial charge in [-0.15, -0.1) is 0 Å². The number of aliphatic hydroxyl groups excluding tert-OH is 4. The number of unbranched alkanes of at least 4 members (excludes halogenated alkanes) is 6. The molecule has 0 bridgehead atoms. The van der Waals surface area contributed by atoms with E-state index in [-0.39, 0.29) is 32.1 Å². The molecule has 3 unspecified atom stereocenters. The van der Waals surface area contributed by atoms with Gasteiger partial charge < -0.3 is 34.8 Å². The number of rotatable bonds is 40. The van der Waals surface area contributed by atoms with Crippen molar-refractivity contribution in [3.63, 3.8) is 0 Å². The van der Waals surface area contributed by atoms with Crippen LogP contribution in [0.25, 0.3) is 0 Å². The molecular formula is C48H79O12P. The van der Waals surface area contributed by atoms with E-state index in [1.807, 2.05) is 30.4 Å². The van der Waals surface area contributed by atoms with Crippen molar-refractivity contribution in [3.05, 3.63) is 97.2 Å². The molecule has 5 atom stereocenters. The zero-order valence-corrected chi connectivity index (χ0v) is 38.0. The standard InChI is InChI=1S/C48H79O12P/c1-3-5-7-9-11-13-15-17-18-19-20-21-22-23-25-27-29-31-33-37-47(53)57-41-44(42-59-61(55,56)58-40-43(50)39-49)60-48(54)38-34-36-46(52)45(51)35-32-30-28-26-24-16-14-12-10-8-6-4-2/h11-14,17-18,20-21,23-26,29-32,43-46,49-52H,3-10,15-16,19,22,27-28,33-42H2,1-2H3,(H,55,56)/b13-11-,14-12-,18-17-,21-20-,25-23-,26-24-,31-29-,32-30-/t43-,44+,45?,46?/m0/s1. The lowest BCUT2D eigenvalue weighted by atomic mass is 10.0. The van der Waals surface area contributed by atoms with E-state index in [1.165, 1.54) is 38.5 Å². The second kappa shape index (κ2) is 42.1. The molecule has 0 amide bonds. The number of hydrogen-bond donors (Lipinski definition) is 5. The van der Waals surface area contributed by atoms with Crippen LogP contribution in [0.2, 0.25) is 0 Å². The van der Waals surface area contributed by atoms with Crippen LogP contribution in [0.15, 0.2) is 97.2 Å². The number of hydrogen-bond acceptors (Lipinski definition) is 11. The van der Waals surface area contributed by atoms with Gasteiger partial charge in [0, 0.05) is 12.8 Å². The number of esters is 2. The fourth-order valence-corrected chi connectivity index (χ4v) is 6.10. The largest absolute Gasteiger partial charge is 0.472 e. The average Bonchev–Trinajstić information content (AvgIpc) is 3.24. The summed E-state index contributed by atoms with van der Waals surface area (Å²) in [6, 6.07) is 0. The summed E-state index contributed by atoms with van der Waals surface area (Å²) in [6.07, 6.45) is 44.1. The summed E-state index contributed by atoms with van der Waals surface area (Å²) in [6.45, 7) is 1.88. The van der Waals surface area contributed by atoms with Crippen molar-refractivity contribution in [2.24, 2.45) is 0 Å². The molecule has 0 aromatic rings. The van der Waals surface area contributed by atoms with Crippen LogP contribution >= 0.6 is 7.82 Å². The number of phosphoric acid groups is 1. The quantitative estimate of drug-likeness (QED) is 0.0170. The lowest BCUT2D eigenvalue weighted by Crippen LogP contribution is -2.30. The van der Waals surface area contributed by atoms with Gasteiger partial charge in [0.05, 0.1) is 32.0 Å². The monoisotopic (exact) mass is 879 g/mol. The van der Waals surface area contributed by atoms with Crippen molar-refractivity contribution in [1.82, 2.24) is 0 Å². The van der Waals surface area contributed by atoms with Gasteiger partial charge in [-0.25, -0.2) is 4.57 Å². The van der Waals surface area contributed by atoms with Crippen LogP contribution in [0.5, 0.6) is 0 Å². The minimum Gasteiger partial charge on any atom is -0.462 e. The van der Waals surface area contributed by atoms with Crippen molar-refractivity contribution >= 4 is 19.8 Å². The summed E-state index contributed by atoms with van der Waals surface area (Å²) in [5.74, 6) is -1.32. The summed E-state index contributed by atoms with van der Waals surface area (Å²) in [7, 11) is -4.72. The average molecular weight is 879 g/mol. The third-order valence-electron chi connectivity index (χ3n) is 8.93. The summed E-state index contributed by atoms with van der Waals surface area (Å²) in [5, 5.41) is 39.1. The number of ether oxygens (including phenoxy) is 2. The Balaban J connectivity index is 4.66. The highest BCUT2D eigenvalue weighted by Gasteiger charge is 2.27. The molecular weight excluding hydrogens is 799 g/mol. The Morgan fingerprint density at radius 1 is 0.541 bits per heavy atom. The van der Waals surface area contributed by atoms with Crippen LogP contribution < -0.4 is 0 Å². The molecule has 0 saturated carbocycles. The first kappa shape index (κ1) is 57.8. The SMILES string of the molecule is CCCCC/C=C\C/C=C\C/C=C\C/C=C\C/C=C\CCC(=O)OC[C@H](COP(=O)(O)OC[C@@H](O)CO)OC(=O)CCCC(O)C(O)C/C=C\C/C=C\C/C=C\CCCCC. The highest BCUT2D eigenvalue weighted by molar-refractivity contribution is 7.47. The molecule has 61 heavy (non-hydrogen) atoms. The minimum atomic E-state index is -4.72. The number of allylic oxidation sites excluding steroid dienone is 15. The molecule has 13 heteroatoms. The third kappa shape index (κ3) is 40.6. The summed E-state index contributed by atoms with van der Waals surface area (Å²) in [4.78, 5) is 35.0. The van der Waals surface area contributed by atoms with E-state index >= 15 is 0 Å². The predicted octanol–water partition coefficient (Wildman–Crippen LogP) is 9.94. The summed E-state index contributed by atoms with van der Waals surface area (Å²) in [5.41, 5.74) is 0. The summed E-state index contributed by atoms with van der Waals surface area (Å²) >= 11 is 0. The maximum atomic E-state index is 12.7. The van der Waals surface area contributed by atoms with Crippen LogP contribution in [-0.4, -0.2) is 88.1 Å². The zero-order valence-electron chi connectivity index (χ0n) is 37.1. The maximum Gasteiger partial charge on any atom is 0.472 e. The van der Waals surface area contributed by atoms with Gasteiger partial charge in [-0.2, -0.15) is 0 Å². The van der Waals surface area contributed by atoms with E-state index in [9.17, 15) is 34.4 Å². The van der Waals surface area contributed by atoms with Crippen LogP contribution in [0, 0.1) is 0 Å². The lowest BCUT2D eigenvalue weighted by Gasteiger charge is -2.20. The highest BCUT2D eigenvalue weighted by Crippen LogP contribution is 2.43. The Labute approximate surface area is 367 Å². The molecule has 12 nitrogen and oxygen atoms in total. The third-order valence-corrected chi connectivity index (χ3v) is 9.88. The molecule has 0 aromatic heterocycles. The first-order valence-corrected chi connectivity index (χ1v) is 23.9. The van der Waals surface area contributed by atoms with E-state index in [0.717, 1.165) is 38.5 Å². The van der Waals surface area contributed by atoms with Crippen LogP contribution in [0.1, 0.15) is 142 Å².